The van der Waals surface area contributed by atoms with Crippen LogP contribution in [0.3, 0.4) is 0 Å². The third-order valence-corrected chi connectivity index (χ3v) is 2.73. The third-order valence-electron chi connectivity index (χ3n) is 2.73. The molecule has 0 aliphatic heterocycles. The molecule has 1 aliphatic rings. The average Bonchev–Trinajstić information content (AvgIpc) is 2.95. The third kappa shape index (κ3) is 1.53. The summed E-state index contributed by atoms with van der Waals surface area (Å²) in [5.74, 6) is 0.839. The van der Waals surface area contributed by atoms with E-state index in [2.05, 4.69) is 15.5 Å². The smallest absolute Gasteiger partial charge is 0.156 e. The van der Waals surface area contributed by atoms with Crippen molar-refractivity contribution in [1.82, 2.24) is 10.2 Å². The van der Waals surface area contributed by atoms with Crippen molar-refractivity contribution in [1.29, 1.82) is 0 Å². The van der Waals surface area contributed by atoms with Gasteiger partial charge in [0.25, 0.3) is 0 Å². The molecule has 2 atom stereocenters. The van der Waals surface area contributed by atoms with Crippen molar-refractivity contribution in [3.8, 4) is 0 Å². The number of hydrogen-bond donors (Lipinski definition) is 2. The van der Waals surface area contributed by atoms with Gasteiger partial charge in [-0.15, -0.1) is 5.10 Å². The number of fused-ring (bicyclic) bond motifs is 1. The number of rotatable bonds is 2. The minimum atomic E-state index is 0.269. The Kier molecular flexibility index (Phi) is 1.82. The second-order valence-electron chi connectivity index (χ2n) is 3.93. The summed E-state index contributed by atoms with van der Waals surface area (Å²) in [4.78, 5) is 0. The second kappa shape index (κ2) is 3.17. The maximum Gasteiger partial charge on any atom is 0.156 e. The zero-order chi connectivity index (χ0) is 10.3. The number of anilines is 1. The first kappa shape index (κ1) is 8.61. The van der Waals surface area contributed by atoms with E-state index >= 15 is 0 Å². The SMILES string of the molecule is NC1CC1Nc1nncc2ccccc12. The van der Waals surface area contributed by atoms with Gasteiger partial charge < -0.3 is 11.1 Å². The van der Waals surface area contributed by atoms with Crippen molar-refractivity contribution in [2.24, 2.45) is 5.73 Å². The summed E-state index contributed by atoms with van der Waals surface area (Å²) in [5, 5.41) is 13.6. The molecule has 3 N–H and O–H groups in total. The first-order valence-corrected chi connectivity index (χ1v) is 5.07. The molecule has 1 aliphatic carbocycles. The molecule has 0 radical (unpaired) electrons. The molecule has 2 unspecified atom stereocenters. The highest BCUT2D eigenvalue weighted by molar-refractivity contribution is 5.91. The molecule has 15 heavy (non-hydrogen) atoms. The Balaban J connectivity index is 2.02. The summed E-state index contributed by atoms with van der Waals surface area (Å²) < 4.78 is 0. The van der Waals surface area contributed by atoms with Gasteiger partial charge in [0.15, 0.2) is 5.82 Å². The lowest BCUT2D eigenvalue weighted by Crippen LogP contribution is -2.14. The first-order valence-electron chi connectivity index (χ1n) is 5.07. The Morgan fingerprint density at radius 2 is 2.13 bits per heavy atom. The van der Waals surface area contributed by atoms with E-state index in [1.54, 1.807) is 6.20 Å². The van der Waals surface area contributed by atoms with Crippen LogP contribution in [-0.4, -0.2) is 22.3 Å². The van der Waals surface area contributed by atoms with Gasteiger partial charge in [-0.3, -0.25) is 0 Å². The maximum absolute atomic E-state index is 5.75. The minimum Gasteiger partial charge on any atom is -0.364 e. The molecule has 2 aromatic rings. The lowest BCUT2D eigenvalue weighted by atomic mass is 10.2. The minimum absolute atomic E-state index is 0.269. The van der Waals surface area contributed by atoms with Crippen LogP contribution in [0, 0.1) is 0 Å². The molecular weight excluding hydrogens is 188 g/mol. The van der Waals surface area contributed by atoms with E-state index in [9.17, 15) is 0 Å². The van der Waals surface area contributed by atoms with E-state index in [1.807, 2.05) is 24.3 Å². The normalized spacial score (nSPS) is 24.1. The van der Waals surface area contributed by atoms with Crippen LogP contribution in [0.1, 0.15) is 6.42 Å². The number of aromatic nitrogens is 2. The van der Waals surface area contributed by atoms with Crippen LogP contribution in [0.2, 0.25) is 0 Å². The van der Waals surface area contributed by atoms with Crippen LogP contribution in [-0.2, 0) is 0 Å². The summed E-state index contributed by atoms with van der Waals surface area (Å²) >= 11 is 0. The van der Waals surface area contributed by atoms with E-state index < -0.39 is 0 Å². The second-order valence-corrected chi connectivity index (χ2v) is 3.93. The van der Waals surface area contributed by atoms with Gasteiger partial charge in [0, 0.05) is 22.9 Å². The number of benzene rings is 1. The fourth-order valence-corrected chi connectivity index (χ4v) is 1.69. The molecule has 1 aromatic carbocycles. The lowest BCUT2D eigenvalue weighted by molar-refractivity contribution is 0.972. The monoisotopic (exact) mass is 200 g/mol. The number of nitrogens with zero attached hydrogens (tertiary/aromatic N) is 2. The van der Waals surface area contributed by atoms with Crippen molar-refractivity contribution in [2.75, 3.05) is 5.32 Å². The predicted octanol–water partition coefficient (Wildman–Crippen LogP) is 1.14. The molecule has 1 aromatic heterocycles. The topological polar surface area (TPSA) is 63.8 Å². The number of hydrogen-bond acceptors (Lipinski definition) is 4. The Morgan fingerprint density at radius 3 is 2.93 bits per heavy atom. The van der Waals surface area contributed by atoms with E-state index in [-0.39, 0.29) is 6.04 Å². The highest BCUT2D eigenvalue weighted by Gasteiger charge is 2.33. The molecule has 4 heteroatoms. The maximum atomic E-state index is 5.75. The van der Waals surface area contributed by atoms with E-state index in [0.717, 1.165) is 23.0 Å². The number of nitrogens with one attached hydrogen (secondary N) is 1. The van der Waals surface area contributed by atoms with Crippen LogP contribution < -0.4 is 11.1 Å². The molecule has 1 saturated carbocycles. The highest BCUT2D eigenvalue weighted by Crippen LogP contribution is 2.26. The van der Waals surface area contributed by atoms with Crippen molar-refractivity contribution >= 4 is 16.6 Å². The van der Waals surface area contributed by atoms with Crippen LogP contribution in [0.4, 0.5) is 5.82 Å². The first-order chi connectivity index (χ1) is 7.34. The van der Waals surface area contributed by atoms with Gasteiger partial charge in [-0.2, -0.15) is 5.10 Å². The van der Waals surface area contributed by atoms with Crippen LogP contribution >= 0.6 is 0 Å². The summed E-state index contributed by atoms with van der Waals surface area (Å²) in [7, 11) is 0. The van der Waals surface area contributed by atoms with Gasteiger partial charge in [0.2, 0.25) is 0 Å². The zero-order valence-corrected chi connectivity index (χ0v) is 8.22. The summed E-state index contributed by atoms with van der Waals surface area (Å²) in [6.45, 7) is 0. The Labute approximate surface area is 87.5 Å². The van der Waals surface area contributed by atoms with Gasteiger partial charge in [-0.1, -0.05) is 24.3 Å². The quantitative estimate of drug-likeness (QED) is 0.763. The molecule has 0 spiro atoms. The Hall–Kier alpha value is -1.68. The van der Waals surface area contributed by atoms with Gasteiger partial charge in [0.05, 0.1) is 6.20 Å². The molecule has 0 bridgehead atoms. The zero-order valence-electron chi connectivity index (χ0n) is 8.22. The Morgan fingerprint density at radius 1 is 1.33 bits per heavy atom. The van der Waals surface area contributed by atoms with E-state index in [1.165, 1.54) is 0 Å². The van der Waals surface area contributed by atoms with Crippen molar-refractivity contribution in [2.45, 2.75) is 18.5 Å². The highest BCUT2D eigenvalue weighted by atomic mass is 15.2. The van der Waals surface area contributed by atoms with Gasteiger partial charge in [-0.25, -0.2) is 0 Å². The van der Waals surface area contributed by atoms with Crippen molar-refractivity contribution in [3.63, 3.8) is 0 Å². The van der Waals surface area contributed by atoms with Crippen LogP contribution in [0.15, 0.2) is 30.5 Å². The fourth-order valence-electron chi connectivity index (χ4n) is 1.69. The van der Waals surface area contributed by atoms with Gasteiger partial charge in [0.1, 0.15) is 0 Å². The molecule has 3 rings (SSSR count). The standard InChI is InChI=1S/C11H12N4/c12-9-5-10(9)14-11-8-4-2-1-3-7(8)6-13-15-11/h1-4,6,9-10H,5,12H2,(H,14,15). The molecule has 1 fully saturated rings. The molecular formula is C11H12N4. The predicted molar refractivity (Wildman–Crippen MR) is 59.5 cm³/mol. The average molecular weight is 200 g/mol. The van der Waals surface area contributed by atoms with Crippen LogP contribution in [0.25, 0.3) is 10.8 Å². The molecule has 76 valence electrons. The van der Waals surface area contributed by atoms with Gasteiger partial charge >= 0.3 is 0 Å². The molecule has 0 saturated heterocycles. The fraction of sp³-hybridized carbons (Fsp3) is 0.273. The van der Waals surface area contributed by atoms with Crippen molar-refractivity contribution in [3.05, 3.63) is 30.5 Å². The summed E-state index contributed by atoms with van der Waals surface area (Å²) in [5.41, 5.74) is 5.75. The van der Waals surface area contributed by atoms with Gasteiger partial charge in [-0.05, 0) is 6.42 Å². The lowest BCUT2D eigenvalue weighted by Gasteiger charge is -2.06. The number of nitrogens with two attached hydrogens (primary N) is 1. The molecule has 1 heterocycles. The van der Waals surface area contributed by atoms with Crippen LogP contribution in [0.5, 0.6) is 0 Å². The summed E-state index contributed by atoms with van der Waals surface area (Å²) in [6, 6.07) is 8.71. The largest absolute Gasteiger partial charge is 0.364 e. The van der Waals surface area contributed by atoms with E-state index in [0.29, 0.717) is 6.04 Å². The van der Waals surface area contributed by atoms with Crippen molar-refractivity contribution < 1.29 is 0 Å². The molecule has 0 amide bonds. The molecule has 4 nitrogen and oxygen atoms in total. The van der Waals surface area contributed by atoms with E-state index in [4.69, 9.17) is 5.73 Å². The Bertz CT molecular complexity index is 491. The summed E-state index contributed by atoms with van der Waals surface area (Å²) in [6.07, 6.45) is 2.79.